The number of carbonyl (C=O) groups excluding carboxylic acids is 4. The molecule has 3 aliphatic carbocycles. The van der Waals surface area contributed by atoms with E-state index in [0.29, 0.717) is 11.4 Å². The Morgan fingerprint density at radius 1 is 0.800 bits per heavy atom. The number of hydrogen-bond donors (Lipinski definition) is 1. The van der Waals surface area contributed by atoms with Gasteiger partial charge in [-0.1, -0.05) is 74.5 Å². The number of anilines is 1. The van der Waals surface area contributed by atoms with Gasteiger partial charge in [0.2, 0.25) is 11.8 Å². The largest absolute Gasteiger partial charge is 0.495 e. The molecule has 3 atom stereocenters. The molecule has 7 rings (SSSR count). The summed E-state index contributed by atoms with van der Waals surface area (Å²) in [7, 11) is 1.49. The Labute approximate surface area is 232 Å². The van der Waals surface area contributed by atoms with Gasteiger partial charge in [-0.2, -0.15) is 0 Å². The minimum atomic E-state index is -1.14. The van der Waals surface area contributed by atoms with Gasteiger partial charge in [0.15, 0.2) is 6.61 Å². The molecule has 8 heteroatoms. The van der Waals surface area contributed by atoms with Gasteiger partial charge in [0, 0.05) is 11.8 Å². The van der Waals surface area contributed by atoms with Gasteiger partial charge in [0.1, 0.15) is 11.8 Å². The second kappa shape index (κ2) is 9.93. The molecular formula is C32H30N2O6. The monoisotopic (exact) mass is 538 g/mol. The number of esters is 1. The Kier molecular flexibility index (Phi) is 6.41. The molecule has 0 radical (unpaired) electrons. The molecule has 0 spiro atoms. The molecule has 1 fully saturated rings. The molecule has 4 aliphatic rings. The third-order valence-electron chi connectivity index (χ3n) is 8.36. The van der Waals surface area contributed by atoms with Crippen molar-refractivity contribution < 1.29 is 28.7 Å². The van der Waals surface area contributed by atoms with Gasteiger partial charge < -0.3 is 14.8 Å². The van der Waals surface area contributed by atoms with Crippen molar-refractivity contribution in [2.24, 2.45) is 17.8 Å². The summed E-state index contributed by atoms with van der Waals surface area (Å²) >= 11 is 0. The highest BCUT2D eigenvalue weighted by molar-refractivity contribution is 6.10. The summed E-state index contributed by atoms with van der Waals surface area (Å²) in [5, 5.41) is 2.66. The molecule has 1 aliphatic heterocycles. The second-order valence-corrected chi connectivity index (χ2v) is 10.9. The first-order chi connectivity index (χ1) is 19.3. The quantitative estimate of drug-likeness (QED) is 0.359. The SMILES string of the molecule is COc1ccccc1NC(=O)COC(=O)[C@H](C(C)C)N1C(=O)[C@H]2C3c4ccccc4C(c4ccccc43)[C@@H]2C1=O. The van der Waals surface area contributed by atoms with Crippen molar-refractivity contribution in [3.05, 3.63) is 95.1 Å². The molecular weight excluding hydrogens is 508 g/mol. The van der Waals surface area contributed by atoms with Gasteiger partial charge >= 0.3 is 5.97 Å². The van der Waals surface area contributed by atoms with E-state index in [9.17, 15) is 19.2 Å². The van der Waals surface area contributed by atoms with Gasteiger partial charge in [-0.3, -0.25) is 19.3 Å². The number of amides is 3. The number of benzene rings is 3. The average molecular weight is 539 g/mol. The van der Waals surface area contributed by atoms with E-state index in [0.717, 1.165) is 27.2 Å². The summed E-state index contributed by atoms with van der Waals surface area (Å²) in [6.45, 7) is 2.97. The number of methoxy groups -OCH3 is 1. The Hall–Kier alpha value is -4.46. The molecule has 0 saturated carbocycles. The number of likely N-dealkylation sites (tertiary alicyclic amines) is 1. The van der Waals surface area contributed by atoms with E-state index in [1.807, 2.05) is 48.5 Å². The molecule has 1 saturated heterocycles. The van der Waals surface area contributed by atoms with Crippen molar-refractivity contribution >= 4 is 29.4 Å². The number of ether oxygens (including phenoxy) is 2. The maximum atomic E-state index is 14.1. The number of nitrogens with one attached hydrogen (secondary N) is 1. The molecule has 1 N–H and O–H groups in total. The minimum Gasteiger partial charge on any atom is -0.495 e. The summed E-state index contributed by atoms with van der Waals surface area (Å²) in [4.78, 5) is 55.2. The van der Waals surface area contributed by atoms with Crippen molar-refractivity contribution in [2.75, 3.05) is 19.0 Å². The standard InChI is InChI=1S/C32H30N2O6/c1-17(2)29(32(38)40-16-24(35)33-22-14-8-9-15-23(22)39-3)34-30(36)27-25-18-10-4-5-11-19(18)26(28(27)31(34)37)21-13-7-6-12-20(21)25/h4-15,17,25-29H,16H2,1-3H3,(H,33,35)/t25?,26?,27-,28-,29-/m0/s1. The number of rotatable bonds is 7. The number of carbonyl (C=O) groups is 4. The predicted molar refractivity (Wildman–Crippen MR) is 147 cm³/mol. The highest BCUT2D eigenvalue weighted by atomic mass is 16.5. The Morgan fingerprint density at radius 3 is 1.75 bits per heavy atom. The van der Waals surface area contributed by atoms with E-state index in [4.69, 9.17) is 9.47 Å². The first-order valence-corrected chi connectivity index (χ1v) is 13.5. The number of imide groups is 1. The van der Waals surface area contributed by atoms with E-state index in [1.54, 1.807) is 38.1 Å². The topological polar surface area (TPSA) is 102 Å². The molecule has 2 bridgehead atoms. The predicted octanol–water partition coefficient (Wildman–Crippen LogP) is 4.09. The zero-order chi connectivity index (χ0) is 28.1. The van der Waals surface area contributed by atoms with E-state index < -0.39 is 42.3 Å². The van der Waals surface area contributed by atoms with Crippen LogP contribution in [-0.4, -0.2) is 48.3 Å². The van der Waals surface area contributed by atoms with Crippen molar-refractivity contribution in [3.63, 3.8) is 0 Å². The van der Waals surface area contributed by atoms with Crippen LogP contribution in [0.1, 0.15) is 47.9 Å². The maximum Gasteiger partial charge on any atom is 0.330 e. The van der Waals surface area contributed by atoms with Crippen LogP contribution in [0.3, 0.4) is 0 Å². The fraction of sp³-hybridized carbons (Fsp3) is 0.312. The third kappa shape index (κ3) is 3.89. The van der Waals surface area contributed by atoms with Crippen LogP contribution in [0, 0.1) is 17.8 Å². The van der Waals surface area contributed by atoms with Gasteiger partial charge in [-0.05, 0) is 40.3 Å². The highest BCUT2D eigenvalue weighted by Crippen LogP contribution is 2.61. The molecule has 3 aromatic carbocycles. The minimum absolute atomic E-state index is 0.265. The molecule has 8 nitrogen and oxygen atoms in total. The first-order valence-electron chi connectivity index (χ1n) is 13.5. The van der Waals surface area contributed by atoms with Crippen molar-refractivity contribution in [1.29, 1.82) is 0 Å². The second-order valence-electron chi connectivity index (χ2n) is 10.9. The van der Waals surface area contributed by atoms with E-state index in [1.165, 1.54) is 7.11 Å². The molecule has 0 aromatic heterocycles. The molecule has 204 valence electrons. The summed E-state index contributed by atoms with van der Waals surface area (Å²) in [5.74, 6) is -3.72. The Morgan fingerprint density at radius 2 is 1.27 bits per heavy atom. The lowest BCUT2D eigenvalue weighted by atomic mass is 9.55. The fourth-order valence-electron chi connectivity index (χ4n) is 6.81. The van der Waals surface area contributed by atoms with E-state index >= 15 is 0 Å². The van der Waals surface area contributed by atoms with Crippen LogP contribution in [0.25, 0.3) is 0 Å². The summed E-state index contributed by atoms with van der Waals surface area (Å²) in [6, 6.07) is 21.7. The summed E-state index contributed by atoms with van der Waals surface area (Å²) in [5.41, 5.74) is 4.69. The first kappa shape index (κ1) is 25.8. The number of hydrogen-bond acceptors (Lipinski definition) is 6. The van der Waals surface area contributed by atoms with Crippen molar-refractivity contribution in [1.82, 2.24) is 4.90 Å². The highest BCUT2D eigenvalue weighted by Gasteiger charge is 2.63. The maximum absolute atomic E-state index is 14.1. The lowest BCUT2D eigenvalue weighted by Crippen LogP contribution is -2.49. The van der Waals surface area contributed by atoms with Gasteiger partial charge in [-0.25, -0.2) is 4.79 Å². The number of nitrogens with zero attached hydrogens (tertiary/aromatic N) is 1. The average Bonchev–Trinajstić information content (AvgIpc) is 3.22. The molecule has 1 heterocycles. The van der Waals surface area contributed by atoms with Gasteiger partial charge in [0.05, 0.1) is 24.6 Å². The van der Waals surface area contributed by atoms with Crippen LogP contribution in [0.15, 0.2) is 72.8 Å². The van der Waals surface area contributed by atoms with Crippen LogP contribution >= 0.6 is 0 Å². The van der Waals surface area contributed by atoms with Gasteiger partial charge in [-0.15, -0.1) is 0 Å². The smallest absolute Gasteiger partial charge is 0.330 e. The zero-order valence-electron chi connectivity index (χ0n) is 22.5. The van der Waals surface area contributed by atoms with Crippen LogP contribution in [-0.2, 0) is 23.9 Å². The fourth-order valence-corrected chi connectivity index (χ4v) is 6.81. The Bertz CT molecular complexity index is 1420. The van der Waals surface area contributed by atoms with Crippen molar-refractivity contribution in [2.45, 2.75) is 31.7 Å². The van der Waals surface area contributed by atoms with E-state index in [-0.39, 0.29) is 23.7 Å². The van der Waals surface area contributed by atoms with Crippen molar-refractivity contribution in [3.8, 4) is 5.75 Å². The zero-order valence-corrected chi connectivity index (χ0v) is 22.5. The van der Waals surface area contributed by atoms with Crippen LogP contribution in [0.2, 0.25) is 0 Å². The lowest BCUT2D eigenvalue weighted by molar-refractivity contribution is -0.162. The normalized spacial score (nSPS) is 22.9. The van der Waals surface area contributed by atoms with Crippen LogP contribution in [0.4, 0.5) is 5.69 Å². The molecule has 0 unspecified atom stereocenters. The molecule has 3 amide bonds. The Balaban J connectivity index is 1.26. The molecule has 40 heavy (non-hydrogen) atoms. The van der Waals surface area contributed by atoms with Gasteiger partial charge in [0.25, 0.3) is 5.91 Å². The summed E-state index contributed by atoms with van der Waals surface area (Å²) in [6.07, 6.45) is 0. The molecule has 3 aromatic rings. The summed E-state index contributed by atoms with van der Waals surface area (Å²) < 4.78 is 10.6. The number of para-hydroxylation sites is 2. The van der Waals surface area contributed by atoms with Crippen LogP contribution in [0.5, 0.6) is 5.75 Å². The third-order valence-corrected chi connectivity index (χ3v) is 8.36. The van der Waals surface area contributed by atoms with E-state index in [2.05, 4.69) is 5.32 Å². The lowest BCUT2D eigenvalue weighted by Gasteiger charge is -2.45. The van der Waals surface area contributed by atoms with Crippen LogP contribution < -0.4 is 10.1 Å².